The third-order valence-corrected chi connectivity index (χ3v) is 3.63. The molecule has 0 atom stereocenters. The molecule has 2 N–H and O–H groups in total. The molecular weight excluding hydrogens is 417 g/mol. The Kier molecular flexibility index (Phi) is 12.0. The Bertz CT molecular complexity index is 493. The number of aliphatic imine (C=N–C) groups is 1. The van der Waals surface area contributed by atoms with Gasteiger partial charge in [0, 0.05) is 33.9 Å². The van der Waals surface area contributed by atoms with Gasteiger partial charge in [-0.3, -0.25) is 4.99 Å². The van der Waals surface area contributed by atoms with Crippen LogP contribution < -0.4 is 10.6 Å². The summed E-state index contributed by atoms with van der Waals surface area (Å²) in [6.07, 6.45) is 1.03. The molecule has 0 heterocycles. The second-order valence-corrected chi connectivity index (χ2v) is 6.06. The average Bonchev–Trinajstić information content (AvgIpc) is 2.56. The third-order valence-electron chi connectivity index (χ3n) is 3.63. The van der Waals surface area contributed by atoms with Crippen LogP contribution in [0.25, 0.3) is 0 Å². The van der Waals surface area contributed by atoms with Crippen molar-refractivity contribution in [2.45, 2.75) is 45.9 Å². The largest absolute Gasteiger partial charge is 0.377 e. The number of halogens is 1. The molecule has 0 fully saturated rings. The summed E-state index contributed by atoms with van der Waals surface area (Å²) in [4.78, 5) is 4.25. The first-order valence-electron chi connectivity index (χ1n) is 8.16. The van der Waals surface area contributed by atoms with Gasteiger partial charge in [-0.15, -0.1) is 24.0 Å². The van der Waals surface area contributed by atoms with Crippen LogP contribution in [0.5, 0.6) is 0 Å². The SMILES string of the molecule is CCCOCc1ccccc1CNC(=NC)NCC(C)(C)OC.I. The van der Waals surface area contributed by atoms with Gasteiger partial charge >= 0.3 is 0 Å². The highest BCUT2D eigenvalue weighted by atomic mass is 127. The van der Waals surface area contributed by atoms with Gasteiger partial charge in [-0.1, -0.05) is 31.2 Å². The van der Waals surface area contributed by atoms with E-state index in [1.165, 1.54) is 11.1 Å². The van der Waals surface area contributed by atoms with Crippen molar-refractivity contribution in [3.05, 3.63) is 35.4 Å². The standard InChI is InChI=1S/C18H31N3O2.HI/c1-6-11-23-13-16-10-8-7-9-15(16)12-20-17(19-4)21-14-18(2,3)22-5;/h7-10H,6,11-14H2,1-5H3,(H2,19,20,21);1H. The molecule has 0 aromatic heterocycles. The normalized spacial score (nSPS) is 11.8. The van der Waals surface area contributed by atoms with E-state index in [1.54, 1.807) is 14.2 Å². The maximum Gasteiger partial charge on any atom is 0.191 e. The Hall–Kier alpha value is -0.860. The van der Waals surface area contributed by atoms with Gasteiger partial charge in [0.15, 0.2) is 5.96 Å². The smallest absolute Gasteiger partial charge is 0.191 e. The fraction of sp³-hybridized carbons (Fsp3) is 0.611. The molecule has 0 amide bonds. The highest BCUT2D eigenvalue weighted by Crippen LogP contribution is 2.10. The van der Waals surface area contributed by atoms with E-state index in [0.29, 0.717) is 19.7 Å². The summed E-state index contributed by atoms with van der Waals surface area (Å²) in [5.74, 6) is 0.763. The van der Waals surface area contributed by atoms with Gasteiger partial charge in [0.25, 0.3) is 0 Å². The predicted molar refractivity (Wildman–Crippen MR) is 111 cm³/mol. The van der Waals surface area contributed by atoms with E-state index in [9.17, 15) is 0 Å². The van der Waals surface area contributed by atoms with E-state index in [2.05, 4.69) is 34.7 Å². The molecular formula is C18H32IN3O2. The second kappa shape index (κ2) is 12.5. The second-order valence-electron chi connectivity index (χ2n) is 6.06. The van der Waals surface area contributed by atoms with Gasteiger partial charge in [-0.25, -0.2) is 0 Å². The lowest BCUT2D eigenvalue weighted by Crippen LogP contribution is -2.45. The maximum absolute atomic E-state index is 5.66. The van der Waals surface area contributed by atoms with Gasteiger partial charge in [0.05, 0.1) is 12.2 Å². The minimum Gasteiger partial charge on any atom is -0.377 e. The van der Waals surface area contributed by atoms with E-state index in [-0.39, 0.29) is 29.6 Å². The zero-order chi connectivity index (χ0) is 17.1. The first kappa shape index (κ1) is 23.1. The van der Waals surface area contributed by atoms with Crippen LogP contribution in [0.15, 0.2) is 29.3 Å². The van der Waals surface area contributed by atoms with Gasteiger partial charge in [0.2, 0.25) is 0 Å². The summed E-state index contributed by atoms with van der Waals surface area (Å²) >= 11 is 0. The molecule has 1 aromatic rings. The number of methoxy groups -OCH3 is 1. The highest BCUT2D eigenvalue weighted by Gasteiger charge is 2.16. The van der Waals surface area contributed by atoms with E-state index >= 15 is 0 Å². The van der Waals surface area contributed by atoms with Crippen LogP contribution in [-0.4, -0.2) is 38.9 Å². The average molecular weight is 449 g/mol. The minimum absolute atomic E-state index is 0. The molecule has 0 saturated heterocycles. The fourth-order valence-electron chi connectivity index (χ4n) is 1.97. The highest BCUT2D eigenvalue weighted by molar-refractivity contribution is 14.0. The Morgan fingerprint density at radius 3 is 2.42 bits per heavy atom. The predicted octanol–water partition coefficient (Wildman–Crippen LogP) is 3.32. The maximum atomic E-state index is 5.66. The minimum atomic E-state index is -0.233. The van der Waals surface area contributed by atoms with Crippen LogP contribution in [0.1, 0.15) is 38.3 Å². The number of hydrogen-bond acceptors (Lipinski definition) is 3. The van der Waals surface area contributed by atoms with Gasteiger partial charge in [-0.2, -0.15) is 0 Å². The molecule has 0 unspecified atom stereocenters. The van der Waals surface area contributed by atoms with Crippen LogP contribution in [0.4, 0.5) is 0 Å². The number of ether oxygens (including phenoxy) is 2. The Morgan fingerprint density at radius 2 is 1.83 bits per heavy atom. The number of benzene rings is 1. The van der Waals surface area contributed by atoms with E-state index in [1.807, 2.05) is 26.0 Å². The van der Waals surface area contributed by atoms with Crippen LogP contribution >= 0.6 is 24.0 Å². The summed E-state index contributed by atoms with van der Waals surface area (Å²) in [5.41, 5.74) is 2.20. The van der Waals surface area contributed by atoms with E-state index < -0.39 is 0 Å². The molecule has 0 radical (unpaired) electrons. The lowest BCUT2D eigenvalue weighted by molar-refractivity contribution is 0.0268. The zero-order valence-corrected chi connectivity index (χ0v) is 17.8. The van der Waals surface area contributed by atoms with Gasteiger partial charge in [-0.05, 0) is 31.4 Å². The molecule has 0 aliphatic rings. The summed E-state index contributed by atoms with van der Waals surface area (Å²) < 4.78 is 11.1. The molecule has 24 heavy (non-hydrogen) atoms. The Labute approximate surface area is 163 Å². The molecule has 6 heteroatoms. The topological polar surface area (TPSA) is 54.9 Å². The van der Waals surface area contributed by atoms with Crippen LogP contribution in [0.3, 0.4) is 0 Å². The van der Waals surface area contributed by atoms with Crippen molar-refractivity contribution in [2.24, 2.45) is 4.99 Å². The number of hydrogen-bond donors (Lipinski definition) is 2. The zero-order valence-electron chi connectivity index (χ0n) is 15.5. The first-order chi connectivity index (χ1) is 11.0. The van der Waals surface area contributed by atoms with Gasteiger partial charge in [0.1, 0.15) is 0 Å². The number of nitrogens with one attached hydrogen (secondary N) is 2. The number of rotatable bonds is 9. The molecule has 0 aliphatic heterocycles. The van der Waals surface area contributed by atoms with Crippen LogP contribution in [0.2, 0.25) is 0 Å². The van der Waals surface area contributed by atoms with Crippen molar-refractivity contribution in [3.63, 3.8) is 0 Å². The molecule has 0 spiro atoms. The quantitative estimate of drug-likeness (QED) is 0.263. The fourth-order valence-corrected chi connectivity index (χ4v) is 1.97. The van der Waals surface area contributed by atoms with Gasteiger partial charge < -0.3 is 20.1 Å². The third kappa shape index (κ3) is 8.84. The Balaban J connectivity index is 0.00000529. The molecule has 0 saturated carbocycles. The van der Waals surface area contributed by atoms with E-state index in [0.717, 1.165) is 19.0 Å². The van der Waals surface area contributed by atoms with Crippen molar-refractivity contribution in [3.8, 4) is 0 Å². The molecule has 1 aromatic carbocycles. The Morgan fingerprint density at radius 1 is 1.17 bits per heavy atom. The van der Waals surface area contributed by atoms with Crippen LogP contribution in [-0.2, 0) is 22.6 Å². The van der Waals surface area contributed by atoms with Crippen molar-refractivity contribution in [2.75, 3.05) is 27.3 Å². The lowest BCUT2D eigenvalue weighted by atomic mass is 10.1. The summed E-state index contributed by atoms with van der Waals surface area (Å²) in [7, 11) is 3.48. The summed E-state index contributed by atoms with van der Waals surface area (Å²) in [6, 6.07) is 8.31. The first-order valence-corrected chi connectivity index (χ1v) is 8.16. The molecule has 5 nitrogen and oxygen atoms in total. The summed E-state index contributed by atoms with van der Waals surface area (Å²) in [5, 5.41) is 6.63. The van der Waals surface area contributed by atoms with Crippen molar-refractivity contribution < 1.29 is 9.47 Å². The molecule has 0 bridgehead atoms. The van der Waals surface area contributed by atoms with Crippen molar-refractivity contribution >= 4 is 29.9 Å². The summed E-state index contributed by atoms with van der Waals surface area (Å²) in [6.45, 7) is 9.01. The number of nitrogens with zero attached hydrogens (tertiary/aromatic N) is 1. The molecule has 0 aliphatic carbocycles. The van der Waals surface area contributed by atoms with Crippen molar-refractivity contribution in [1.29, 1.82) is 0 Å². The molecule has 138 valence electrons. The number of guanidine groups is 1. The molecule has 1 rings (SSSR count). The van der Waals surface area contributed by atoms with Crippen LogP contribution in [0, 0.1) is 0 Å². The van der Waals surface area contributed by atoms with E-state index in [4.69, 9.17) is 9.47 Å². The monoisotopic (exact) mass is 449 g/mol. The lowest BCUT2D eigenvalue weighted by Gasteiger charge is -2.24. The van der Waals surface area contributed by atoms with Crippen molar-refractivity contribution in [1.82, 2.24) is 10.6 Å².